The van der Waals surface area contributed by atoms with Crippen molar-refractivity contribution in [3.05, 3.63) is 63.3 Å². The van der Waals surface area contributed by atoms with Gasteiger partial charge in [0.2, 0.25) is 0 Å². The third kappa shape index (κ3) is 4.36. The standard InChI is InChI=1S/C20H24FN3O2/c1-2-17(22-20(26)14-8-10-16(21)11-9-14)13-24-19(25)12-15-6-4-3-5-7-18(15)23-24/h8-12,17H,2-7,13H2,1H3,(H,22,26)/t17-/m0/s1. The highest BCUT2D eigenvalue weighted by atomic mass is 19.1. The first kappa shape index (κ1) is 18.3. The van der Waals surface area contributed by atoms with Crippen molar-refractivity contribution in [3.8, 4) is 0 Å². The molecule has 0 bridgehead atoms. The maximum Gasteiger partial charge on any atom is 0.267 e. The number of aryl methyl sites for hydroxylation is 2. The first-order chi connectivity index (χ1) is 12.6. The second-order valence-electron chi connectivity index (χ2n) is 6.78. The summed E-state index contributed by atoms with van der Waals surface area (Å²) in [4.78, 5) is 24.7. The molecule has 6 heteroatoms. The zero-order valence-electron chi connectivity index (χ0n) is 15.0. The Hall–Kier alpha value is -2.50. The Morgan fingerprint density at radius 1 is 1.23 bits per heavy atom. The summed E-state index contributed by atoms with van der Waals surface area (Å²) in [5.41, 5.74) is 2.33. The normalized spacial score (nSPS) is 15.0. The summed E-state index contributed by atoms with van der Waals surface area (Å²) < 4.78 is 14.5. The molecule has 138 valence electrons. The average Bonchev–Trinajstić information content (AvgIpc) is 2.86. The molecule has 5 nitrogen and oxygen atoms in total. The molecule has 0 fully saturated rings. The maximum absolute atomic E-state index is 13.0. The molecule has 1 N–H and O–H groups in total. The van der Waals surface area contributed by atoms with E-state index in [0.29, 0.717) is 18.5 Å². The van der Waals surface area contributed by atoms with Gasteiger partial charge >= 0.3 is 0 Å². The summed E-state index contributed by atoms with van der Waals surface area (Å²) in [5.74, 6) is -0.658. The van der Waals surface area contributed by atoms with E-state index in [4.69, 9.17) is 0 Å². The predicted octanol–water partition coefficient (Wildman–Crippen LogP) is 2.86. The van der Waals surface area contributed by atoms with Gasteiger partial charge in [0, 0.05) is 17.7 Å². The number of carbonyl (C=O) groups is 1. The van der Waals surface area contributed by atoms with Gasteiger partial charge in [-0.3, -0.25) is 9.59 Å². The largest absolute Gasteiger partial charge is 0.347 e. The molecule has 1 aromatic heterocycles. The number of benzene rings is 1. The Labute approximate surface area is 152 Å². The van der Waals surface area contributed by atoms with Crippen LogP contribution in [-0.2, 0) is 19.4 Å². The van der Waals surface area contributed by atoms with Crippen molar-refractivity contribution in [2.24, 2.45) is 0 Å². The number of fused-ring (bicyclic) bond motifs is 1. The van der Waals surface area contributed by atoms with Crippen molar-refractivity contribution in [3.63, 3.8) is 0 Å². The van der Waals surface area contributed by atoms with Crippen LogP contribution in [0.15, 0.2) is 35.1 Å². The molecule has 0 radical (unpaired) electrons. The number of aromatic nitrogens is 2. The molecule has 0 unspecified atom stereocenters. The van der Waals surface area contributed by atoms with Crippen molar-refractivity contribution >= 4 is 5.91 Å². The fraction of sp³-hybridized carbons (Fsp3) is 0.450. The van der Waals surface area contributed by atoms with E-state index in [2.05, 4.69) is 10.4 Å². The van der Waals surface area contributed by atoms with Gasteiger partial charge in [-0.2, -0.15) is 5.10 Å². The highest BCUT2D eigenvalue weighted by Gasteiger charge is 2.17. The molecule has 3 rings (SSSR count). The van der Waals surface area contributed by atoms with Crippen LogP contribution in [-0.4, -0.2) is 21.7 Å². The summed E-state index contributed by atoms with van der Waals surface area (Å²) in [7, 11) is 0. The fourth-order valence-electron chi connectivity index (χ4n) is 3.26. The van der Waals surface area contributed by atoms with E-state index in [9.17, 15) is 14.0 Å². The predicted molar refractivity (Wildman–Crippen MR) is 97.7 cm³/mol. The number of nitrogens with one attached hydrogen (secondary N) is 1. The van der Waals surface area contributed by atoms with Crippen LogP contribution in [0.1, 0.15) is 54.2 Å². The Balaban J connectivity index is 1.73. The van der Waals surface area contributed by atoms with Gasteiger partial charge in [-0.05, 0) is 61.9 Å². The monoisotopic (exact) mass is 357 g/mol. The minimum Gasteiger partial charge on any atom is -0.347 e. The lowest BCUT2D eigenvalue weighted by Crippen LogP contribution is -2.40. The first-order valence-electron chi connectivity index (χ1n) is 9.23. The van der Waals surface area contributed by atoms with Gasteiger partial charge in [0.15, 0.2) is 0 Å². The van der Waals surface area contributed by atoms with Gasteiger partial charge in [0.1, 0.15) is 5.82 Å². The van der Waals surface area contributed by atoms with Crippen LogP contribution in [0.4, 0.5) is 4.39 Å². The molecule has 0 saturated heterocycles. The number of carbonyl (C=O) groups excluding carboxylic acids is 1. The van der Waals surface area contributed by atoms with E-state index >= 15 is 0 Å². The van der Waals surface area contributed by atoms with Gasteiger partial charge in [-0.25, -0.2) is 9.07 Å². The summed E-state index contributed by atoms with van der Waals surface area (Å²) in [5, 5.41) is 7.46. The number of halogens is 1. The summed E-state index contributed by atoms with van der Waals surface area (Å²) in [6.07, 6.45) is 5.83. The fourth-order valence-corrected chi connectivity index (χ4v) is 3.26. The van der Waals surface area contributed by atoms with Crippen molar-refractivity contribution in [1.82, 2.24) is 15.1 Å². The van der Waals surface area contributed by atoms with Crippen LogP contribution in [0.25, 0.3) is 0 Å². The van der Waals surface area contributed by atoms with E-state index in [1.165, 1.54) is 28.9 Å². The molecule has 0 aliphatic heterocycles. The zero-order valence-corrected chi connectivity index (χ0v) is 15.0. The highest BCUT2D eigenvalue weighted by Crippen LogP contribution is 2.17. The Kier molecular flexibility index (Phi) is 5.81. The lowest BCUT2D eigenvalue weighted by atomic mass is 10.1. The average molecular weight is 357 g/mol. The van der Waals surface area contributed by atoms with Crippen LogP contribution in [0.2, 0.25) is 0 Å². The van der Waals surface area contributed by atoms with Crippen molar-refractivity contribution in [1.29, 1.82) is 0 Å². The van der Waals surface area contributed by atoms with Crippen molar-refractivity contribution in [2.75, 3.05) is 0 Å². The molecular weight excluding hydrogens is 333 g/mol. The minimum absolute atomic E-state index is 0.125. The number of amides is 1. The minimum atomic E-state index is -0.380. The number of nitrogens with zero attached hydrogens (tertiary/aromatic N) is 2. The summed E-state index contributed by atoms with van der Waals surface area (Å²) in [6.45, 7) is 2.28. The molecule has 1 aromatic carbocycles. The third-order valence-corrected chi connectivity index (χ3v) is 4.85. The molecule has 0 saturated carbocycles. The van der Waals surface area contributed by atoms with Crippen LogP contribution in [0.5, 0.6) is 0 Å². The zero-order chi connectivity index (χ0) is 18.5. The second-order valence-corrected chi connectivity index (χ2v) is 6.78. The number of rotatable bonds is 5. The first-order valence-corrected chi connectivity index (χ1v) is 9.23. The lowest BCUT2D eigenvalue weighted by molar-refractivity contribution is 0.0930. The molecule has 1 amide bonds. The molecule has 1 aliphatic rings. The Bertz CT molecular complexity index is 830. The number of hydrogen-bond donors (Lipinski definition) is 1. The van der Waals surface area contributed by atoms with Crippen LogP contribution < -0.4 is 10.9 Å². The summed E-state index contributed by atoms with van der Waals surface area (Å²) >= 11 is 0. The SMILES string of the molecule is CC[C@@H](Cn1nc2c(cc1=O)CCCCC2)NC(=O)c1ccc(F)cc1. The van der Waals surface area contributed by atoms with E-state index in [1.807, 2.05) is 6.92 Å². The molecule has 0 spiro atoms. The topological polar surface area (TPSA) is 64.0 Å². The van der Waals surface area contributed by atoms with Crippen LogP contribution in [0.3, 0.4) is 0 Å². The van der Waals surface area contributed by atoms with Gasteiger partial charge < -0.3 is 5.32 Å². The molecule has 26 heavy (non-hydrogen) atoms. The van der Waals surface area contributed by atoms with Crippen LogP contribution in [0, 0.1) is 5.82 Å². The highest BCUT2D eigenvalue weighted by molar-refractivity contribution is 5.94. The van der Waals surface area contributed by atoms with Crippen molar-refractivity contribution < 1.29 is 9.18 Å². The van der Waals surface area contributed by atoms with Crippen molar-refractivity contribution in [2.45, 2.75) is 58.0 Å². The Morgan fingerprint density at radius 2 is 1.96 bits per heavy atom. The molecule has 2 aromatic rings. The van der Waals surface area contributed by atoms with E-state index in [0.717, 1.165) is 43.4 Å². The number of hydrogen-bond acceptors (Lipinski definition) is 3. The molecule has 1 heterocycles. The molecule has 1 atom stereocenters. The van der Waals surface area contributed by atoms with E-state index in [1.54, 1.807) is 6.07 Å². The quantitative estimate of drug-likeness (QED) is 0.837. The maximum atomic E-state index is 13.0. The van der Waals surface area contributed by atoms with Gasteiger partial charge in [0.25, 0.3) is 11.5 Å². The van der Waals surface area contributed by atoms with Crippen LogP contribution >= 0.6 is 0 Å². The van der Waals surface area contributed by atoms with Gasteiger partial charge in [-0.1, -0.05) is 13.3 Å². The van der Waals surface area contributed by atoms with Gasteiger partial charge in [0.05, 0.1) is 12.2 Å². The Morgan fingerprint density at radius 3 is 2.69 bits per heavy atom. The van der Waals surface area contributed by atoms with Gasteiger partial charge in [-0.15, -0.1) is 0 Å². The second kappa shape index (κ2) is 8.25. The molecule has 1 aliphatic carbocycles. The lowest BCUT2D eigenvalue weighted by Gasteiger charge is -2.18. The van der Waals surface area contributed by atoms with E-state index in [-0.39, 0.29) is 23.3 Å². The van der Waals surface area contributed by atoms with E-state index < -0.39 is 0 Å². The third-order valence-electron chi connectivity index (χ3n) is 4.85. The summed E-state index contributed by atoms with van der Waals surface area (Å²) in [6, 6.07) is 6.89. The molecular formula is C20H24FN3O2. The smallest absolute Gasteiger partial charge is 0.267 e.